The van der Waals surface area contributed by atoms with Gasteiger partial charge in [-0.25, -0.2) is 8.42 Å². The van der Waals surface area contributed by atoms with E-state index in [4.69, 9.17) is 11.6 Å². The molecule has 35 heavy (non-hydrogen) atoms. The third-order valence-electron chi connectivity index (χ3n) is 6.58. The minimum atomic E-state index is -3.99. The molecule has 0 saturated carbocycles. The number of aryl methyl sites for hydroxylation is 3. The fourth-order valence-electron chi connectivity index (χ4n) is 4.63. The fraction of sp³-hybridized carbons (Fsp3) is 0.321. The summed E-state index contributed by atoms with van der Waals surface area (Å²) in [5, 5.41) is 3.47. The standard InChI is InChI=1S/C28H31ClN2O3S/c1-3-26(23-15-14-21-9-7-8-10-22(21)17-23)30-28(32)19-31(27-18-24(29)16-13-20(27)2)35(33,34)25-11-5-4-6-12-25/h4-6,11-18,26H,3,7-10,19H2,1-2H3,(H,30,32). The van der Waals surface area contributed by atoms with Crippen LogP contribution in [0, 0.1) is 6.92 Å². The number of nitrogens with zero attached hydrogens (tertiary/aromatic N) is 1. The molecule has 5 nitrogen and oxygen atoms in total. The van der Waals surface area contributed by atoms with E-state index in [1.807, 2.05) is 6.92 Å². The molecule has 1 amide bonds. The van der Waals surface area contributed by atoms with Crippen molar-refractivity contribution in [1.82, 2.24) is 5.32 Å². The van der Waals surface area contributed by atoms with Gasteiger partial charge in [0.1, 0.15) is 6.54 Å². The summed E-state index contributed by atoms with van der Waals surface area (Å²) in [5.74, 6) is -0.367. The third kappa shape index (κ3) is 5.71. The normalized spacial score (nSPS) is 14.1. The molecule has 184 valence electrons. The summed E-state index contributed by atoms with van der Waals surface area (Å²) < 4.78 is 28.4. The van der Waals surface area contributed by atoms with Crippen LogP contribution in [0.15, 0.2) is 71.6 Å². The van der Waals surface area contributed by atoms with Gasteiger partial charge in [-0.1, -0.05) is 61.0 Å². The Kier molecular flexibility index (Phi) is 7.82. The number of halogens is 1. The molecule has 3 aromatic carbocycles. The molecule has 1 aliphatic carbocycles. The highest BCUT2D eigenvalue weighted by Crippen LogP contribution is 2.30. The van der Waals surface area contributed by atoms with Crippen molar-refractivity contribution in [1.29, 1.82) is 0 Å². The minimum absolute atomic E-state index is 0.119. The highest BCUT2D eigenvalue weighted by atomic mass is 35.5. The van der Waals surface area contributed by atoms with Crippen molar-refractivity contribution in [2.75, 3.05) is 10.8 Å². The van der Waals surface area contributed by atoms with Crippen molar-refractivity contribution in [3.63, 3.8) is 0 Å². The molecule has 1 aliphatic rings. The molecular weight excluding hydrogens is 480 g/mol. The average Bonchev–Trinajstić information content (AvgIpc) is 2.87. The number of fused-ring (bicyclic) bond motifs is 1. The van der Waals surface area contributed by atoms with Crippen LogP contribution in [0.4, 0.5) is 5.69 Å². The number of nitrogens with one attached hydrogen (secondary N) is 1. The number of carbonyl (C=O) groups excluding carboxylic acids is 1. The number of hydrogen-bond acceptors (Lipinski definition) is 3. The molecule has 7 heteroatoms. The second kappa shape index (κ2) is 10.8. The van der Waals surface area contributed by atoms with Gasteiger partial charge < -0.3 is 5.32 Å². The van der Waals surface area contributed by atoms with Crippen LogP contribution in [0.2, 0.25) is 5.02 Å². The molecule has 1 atom stereocenters. The summed E-state index contributed by atoms with van der Waals surface area (Å²) in [5.41, 5.74) is 4.89. The second-order valence-electron chi connectivity index (χ2n) is 9.02. The smallest absolute Gasteiger partial charge is 0.264 e. The maximum atomic E-state index is 13.6. The van der Waals surface area contributed by atoms with Gasteiger partial charge in [0, 0.05) is 5.02 Å². The first-order chi connectivity index (χ1) is 16.8. The molecule has 0 heterocycles. The van der Waals surface area contributed by atoms with Crippen molar-refractivity contribution in [2.45, 2.75) is 56.9 Å². The van der Waals surface area contributed by atoms with Gasteiger partial charge in [0.15, 0.2) is 0 Å². The van der Waals surface area contributed by atoms with Crippen LogP contribution < -0.4 is 9.62 Å². The molecule has 3 aromatic rings. The zero-order valence-corrected chi connectivity index (χ0v) is 21.7. The predicted octanol–water partition coefficient (Wildman–Crippen LogP) is 5.99. The zero-order valence-electron chi connectivity index (χ0n) is 20.1. The molecule has 0 aliphatic heterocycles. The van der Waals surface area contributed by atoms with Crippen LogP contribution >= 0.6 is 11.6 Å². The molecule has 0 radical (unpaired) electrons. The van der Waals surface area contributed by atoms with Gasteiger partial charge in [-0.2, -0.15) is 0 Å². The maximum absolute atomic E-state index is 13.6. The van der Waals surface area contributed by atoms with Crippen molar-refractivity contribution < 1.29 is 13.2 Å². The first-order valence-electron chi connectivity index (χ1n) is 12.0. The molecule has 0 bridgehead atoms. The number of amides is 1. The highest BCUT2D eigenvalue weighted by molar-refractivity contribution is 7.92. The van der Waals surface area contributed by atoms with Gasteiger partial charge in [0.25, 0.3) is 10.0 Å². The monoisotopic (exact) mass is 510 g/mol. The van der Waals surface area contributed by atoms with Gasteiger partial charge in [-0.3, -0.25) is 9.10 Å². The summed E-state index contributed by atoms with van der Waals surface area (Å²) in [4.78, 5) is 13.4. The van der Waals surface area contributed by atoms with Gasteiger partial charge in [0.2, 0.25) is 5.91 Å². The summed E-state index contributed by atoms with van der Waals surface area (Å²) >= 11 is 6.22. The van der Waals surface area contributed by atoms with E-state index in [0.717, 1.165) is 22.7 Å². The van der Waals surface area contributed by atoms with E-state index < -0.39 is 10.0 Å². The Labute approximate surface area is 213 Å². The lowest BCUT2D eigenvalue weighted by Crippen LogP contribution is -2.42. The number of sulfonamides is 1. The van der Waals surface area contributed by atoms with Crippen molar-refractivity contribution in [3.05, 3.63) is 94.0 Å². The first-order valence-corrected chi connectivity index (χ1v) is 13.9. The van der Waals surface area contributed by atoms with Gasteiger partial charge >= 0.3 is 0 Å². The Morgan fingerprint density at radius 3 is 2.43 bits per heavy atom. The molecule has 0 aromatic heterocycles. The van der Waals surface area contributed by atoms with Crippen LogP contribution in [-0.4, -0.2) is 20.9 Å². The van der Waals surface area contributed by atoms with Crippen LogP contribution in [0.1, 0.15) is 54.5 Å². The SMILES string of the molecule is CCC(NC(=O)CN(c1cc(Cl)ccc1C)S(=O)(=O)c1ccccc1)c1ccc2c(c1)CCCC2. The molecule has 0 saturated heterocycles. The molecule has 1 N–H and O–H groups in total. The largest absolute Gasteiger partial charge is 0.348 e. The van der Waals surface area contributed by atoms with Gasteiger partial charge in [-0.15, -0.1) is 0 Å². The Balaban J connectivity index is 1.62. The van der Waals surface area contributed by atoms with E-state index in [1.165, 1.54) is 36.1 Å². The van der Waals surface area contributed by atoms with Crippen LogP contribution in [-0.2, 0) is 27.7 Å². The molecule has 1 unspecified atom stereocenters. The van der Waals surface area contributed by atoms with E-state index >= 15 is 0 Å². The Bertz CT molecular complexity index is 1310. The second-order valence-corrected chi connectivity index (χ2v) is 11.3. The lowest BCUT2D eigenvalue weighted by molar-refractivity contribution is -0.120. The van der Waals surface area contributed by atoms with E-state index in [1.54, 1.807) is 43.3 Å². The average molecular weight is 511 g/mol. The van der Waals surface area contributed by atoms with Crippen molar-refractivity contribution in [3.8, 4) is 0 Å². The van der Waals surface area contributed by atoms with Gasteiger partial charge in [0.05, 0.1) is 16.6 Å². The minimum Gasteiger partial charge on any atom is -0.348 e. The Morgan fingerprint density at radius 2 is 1.71 bits per heavy atom. The fourth-order valence-corrected chi connectivity index (χ4v) is 6.30. The summed E-state index contributed by atoms with van der Waals surface area (Å²) in [6.45, 7) is 3.48. The molecular formula is C28H31ClN2O3S. The lowest BCUT2D eigenvalue weighted by atomic mass is 9.89. The van der Waals surface area contributed by atoms with Crippen molar-refractivity contribution >= 4 is 33.2 Å². The first kappa shape index (κ1) is 25.3. The Morgan fingerprint density at radius 1 is 1.00 bits per heavy atom. The summed E-state index contributed by atoms with van der Waals surface area (Å²) in [6, 6.07) is 19.4. The third-order valence-corrected chi connectivity index (χ3v) is 8.59. The van der Waals surface area contributed by atoms with E-state index in [0.29, 0.717) is 22.7 Å². The quantitative estimate of drug-likeness (QED) is 0.404. The number of anilines is 1. The number of hydrogen-bond donors (Lipinski definition) is 1. The van der Waals surface area contributed by atoms with E-state index in [2.05, 4.69) is 23.5 Å². The van der Waals surface area contributed by atoms with Crippen LogP contribution in [0.3, 0.4) is 0 Å². The molecule has 0 spiro atoms. The van der Waals surface area contributed by atoms with Crippen molar-refractivity contribution in [2.24, 2.45) is 0 Å². The number of rotatable bonds is 8. The Hall–Kier alpha value is -2.83. The molecule has 4 rings (SSSR count). The molecule has 0 fully saturated rings. The number of carbonyl (C=O) groups is 1. The predicted molar refractivity (Wildman–Crippen MR) is 141 cm³/mol. The highest BCUT2D eigenvalue weighted by Gasteiger charge is 2.29. The summed E-state index contributed by atoms with van der Waals surface area (Å²) in [7, 11) is -3.99. The summed E-state index contributed by atoms with van der Waals surface area (Å²) in [6.07, 6.45) is 5.26. The number of benzene rings is 3. The lowest BCUT2D eigenvalue weighted by Gasteiger charge is -2.27. The van der Waals surface area contributed by atoms with Crippen LogP contribution in [0.25, 0.3) is 0 Å². The topological polar surface area (TPSA) is 66.5 Å². The zero-order chi connectivity index (χ0) is 25.0. The van der Waals surface area contributed by atoms with Gasteiger partial charge in [-0.05, 0) is 85.5 Å². The van der Waals surface area contributed by atoms with Crippen LogP contribution in [0.5, 0.6) is 0 Å². The van der Waals surface area contributed by atoms with E-state index in [-0.39, 0.29) is 23.4 Å². The van der Waals surface area contributed by atoms with E-state index in [9.17, 15) is 13.2 Å². The maximum Gasteiger partial charge on any atom is 0.264 e.